The van der Waals surface area contributed by atoms with Crippen molar-refractivity contribution in [1.82, 2.24) is 20.5 Å². The predicted molar refractivity (Wildman–Crippen MR) is 87.8 cm³/mol. The number of aromatic amines is 1. The lowest BCUT2D eigenvalue weighted by Crippen LogP contribution is -2.24. The quantitative estimate of drug-likeness (QED) is 0.741. The molecule has 3 heterocycles. The van der Waals surface area contributed by atoms with E-state index in [9.17, 15) is 4.79 Å². The Hall–Kier alpha value is -2.87. The van der Waals surface area contributed by atoms with Crippen LogP contribution >= 0.6 is 11.3 Å². The number of aromatic nitrogens is 3. The van der Waals surface area contributed by atoms with Gasteiger partial charge in [-0.25, -0.2) is 4.98 Å². The highest BCUT2D eigenvalue weighted by Crippen LogP contribution is 2.36. The van der Waals surface area contributed by atoms with E-state index in [0.717, 1.165) is 33.5 Å². The molecular weight excluding hydrogens is 328 g/mol. The monoisotopic (exact) mass is 342 g/mol. The lowest BCUT2D eigenvalue weighted by molar-refractivity contribution is -0.120. The minimum atomic E-state index is -0.0767. The zero-order chi connectivity index (χ0) is 16.4. The maximum Gasteiger partial charge on any atom is 0.231 e. The Labute approximate surface area is 141 Å². The second-order valence-corrected chi connectivity index (χ2v) is 6.11. The van der Waals surface area contributed by atoms with Crippen LogP contribution in [0.3, 0.4) is 0 Å². The number of nitrogens with one attached hydrogen (secondary N) is 2. The molecule has 2 N–H and O–H groups in total. The molecule has 7 nitrogen and oxygen atoms in total. The average Bonchev–Trinajstić information content (AvgIpc) is 3.33. The van der Waals surface area contributed by atoms with Crippen molar-refractivity contribution in [1.29, 1.82) is 0 Å². The highest BCUT2D eigenvalue weighted by molar-refractivity contribution is 7.13. The van der Waals surface area contributed by atoms with Crippen molar-refractivity contribution in [2.24, 2.45) is 0 Å². The minimum absolute atomic E-state index is 0.0767. The van der Waals surface area contributed by atoms with Gasteiger partial charge < -0.3 is 14.8 Å². The molecule has 3 aromatic rings. The second kappa shape index (κ2) is 6.32. The predicted octanol–water partition coefficient (Wildman–Crippen LogP) is 2.12. The molecule has 0 unspecified atom stereocenters. The third kappa shape index (κ3) is 3.09. The van der Waals surface area contributed by atoms with Gasteiger partial charge in [-0.15, -0.1) is 11.3 Å². The summed E-state index contributed by atoms with van der Waals surface area (Å²) in [7, 11) is 0. The number of hydrogen-bond donors (Lipinski definition) is 2. The zero-order valence-corrected chi connectivity index (χ0v) is 13.4. The molecule has 0 saturated heterocycles. The lowest BCUT2D eigenvalue weighted by Gasteiger charge is -2.02. The van der Waals surface area contributed by atoms with Gasteiger partial charge in [0.1, 0.15) is 5.01 Å². The first-order chi connectivity index (χ1) is 11.8. The van der Waals surface area contributed by atoms with Crippen LogP contribution in [0.15, 0.2) is 35.8 Å². The van der Waals surface area contributed by atoms with Crippen molar-refractivity contribution in [3.63, 3.8) is 0 Å². The molecule has 4 rings (SSSR count). The van der Waals surface area contributed by atoms with Gasteiger partial charge in [0, 0.05) is 17.1 Å². The van der Waals surface area contributed by atoms with E-state index in [1.54, 1.807) is 6.20 Å². The number of hydrogen-bond acceptors (Lipinski definition) is 6. The van der Waals surface area contributed by atoms with E-state index in [0.29, 0.717) is 6.54 Å². The number of ether oxygens (including phenoxy) is 2. The van der Waals surface area contributed by atoms with Gasteiger partial charge in [-0.1, -0.05) is 0 Å². The number of fused-ring (bicyclic) bond motifs is 1. The van der Waals surface area contributed by atoms with E-state index >= 15 is 0 Å². The Balaban J connectivity index is 1.40. The summed E-state index contributed by atoms with van der Waals surface area (Å²) in [6.45, 7) is 0.677. The summed E-state index contributed by atoms with van der Waals surface area (Å²) in [4.78, 5) is 16.5. The first-order valence-corrected chi connectivity index (χ1v) is 8.25. The molecule has 0 aliphatic carbocycles. The number of thiazole rings is 1. The number of nitrogens with zero attached hydrogens (tertiary/aromatic N) is 2. The summed E-state index contributed by atoms with van der Waals surface area (Å²) in [6.07, 6.45) is 1.90. The van der Waals surface area contributed by atoms with Gasteiger partial charge in [-0.05, 0) is 24.3 Å². The molecule has 0 spiro atoms. The Bertz CT molecular complexity index is 860. The first-order valence-electron chi connectivity index (χ1n) is 7.37. The van der Waals surface area contributed by atoms with Crippen LogP contribution in [0.1, 0.15) is 11.4 Å². The fourth-order valence-electron chi connectivity index (χ4n) is 2.35. The third-order valence-electron chi connectivity index (χ3n) is 3.55. The van der Waals surface area contributed by atoms with Gasteiger partial charge in [0.05, 0.1) is 24.4 Å². The van der Waals surface area contributed by atoms with E-state index < -0.39 is 0 Å². The molecule has 0 atom stereocenters. The fourth-order valence-corrected chi connectivity index (χ4v) is 3.17. The summed E-state index contributed by atoms with van der Waals surface area (Å²) in [5, 5.41) is 12.2. The number of rotatable bonds is 5. The highest BCUT2D eigenvalue weighted by atomic mass is 32.1. The second-order valence-electron chi connectivity index (χ2n) is 5.25. The van der Waals surface area contributed by atoms with E-state index in [-0.39, 0.29) is 19.1 Å². The molecule has 1 aromatic carbocycles. The van der Waals surface area contributed by atoms with Crippen LogP contribution in [-0.2, 0) is 17.8 Å². The van der Waals surface area contributed by atoms with Crippen LogP contribution in [0.2, 0.25) is 0 Å². The van der Waals surface area contributed by atoms with Gasteiger partial charge in [-0.2, -0.15) is 5.10 Å². The SMILES string of the molecule is O=C(Cc1csc(-c2ccc3c(c2)OCO3)n1)NCc1ccn[nH]1. The standard InChI is InChI=1S/C16H14N4O3S/c21-15(17-7-11-3-4-18-20-11)6-12-8-24-16(19-12)10-1-2-13-14(5-10)23-9-22-13/h1-5,8H,6-7,9H2,(H,17,21)(H,18,20). The largest absolute Gasteiger partial charge is 0.454 e. The molecule has 122 valence electrons. The number of benzene rings is 1. The molecule has 0 bridgehead atoms. The Morgan fingerprint density at radius 1 is 1.29 bits per heavy atom. The van der Waals surface area contributed by atoms with Gasteiger partial charge in [0.15, 0.2) is 11.5 Å². The zero-order valence-electron chi connectivity index (χ0n) is 12.6. The molecule has 8 heteroatoms. The minimum Gasteiger partial charge on any atom is -0.454 e. The Kier molecular flexibility index (Phi) is 3.87. The summed E-state index contributed by atoms with van der Waals surface area (Å²) in [5.74, 6) is 1.39. The summed E-state index contributed by atoms with van der Waals surface area (Å²) in [6, 6.07) is 7.54. The van der Waals surface area contributed by atoms with Crippen LogP contribution < -0.4 is 14.8 Å². The molecule has 0 saturated carbocycles. The number of H-pyrrole nitrogens is 1. The fraction of sp³-hybridized carbons (Fsp3) is 0.188. The number of carbonyl (C=O) groups is 1. The van der Waals surface area contributed by atoms with E-state index in [1.165, 1.54) is 11.3 Å². The third-order valence-corrected chi connectivity index (χ3v) is 4.49. The smallest absolute Gasteiger partial charge is 0.231 e. The molecule has 1 aliphatic rings. The van der Waals surface area contributed by atoms with E-state index in [1.807, 2.05) is 29.6 Å². The molecule has 24 heavy (non-hydrogen) atoms. The van der Waals surface area contributed by atoms with Crippen molar-refractivity contribution in [2.45, 2.75) is 13.0 Å². The maximum absolute atomic E-state index is 12.0. The number of amides is 1. The summed E-state index contributed by atoms with van der Waals surface area (Å²) < 4.78 is 10.7. The summed E-state index contributed by atoms with van der Waals surface area (Å²) in [5.41, 5.74) is 2.56. The van der Waals surface area contributed by atoms with Crippen molar-refractivity contribution in [3.05, 3.63) is 47.2 Å². The summed E-state index contributed by atoms with van der Waals surface area (Å²) >= 11 is 1.50. The van der Waals surface area contributed by atoms with Crippen molar-refractivity contribution >= 4 is 17.2 Å². The van der Waals surface area contributed by atoms with Gasteiger partial charge in [0.25, 0.3) is 0 Å². The Morgan fingerprint density at radius 2 is 2.21 bits per heavy atom. The topological polar surface area (TPSA) is 89.1 Å². The van der Waals surface area contributed by atoms with Crippen LogP contribution in [0, 0.1) is 0 Å². The maximum atomic E-state index is 12.0. The average molecular weight is 342 g/mol. The van der Waals surface area contributed by atoms with Crippen LogP contribution in [-0.4, -0.2) is 27.9 Å². The van der Waals surface area contributed by atoms with Crippen molar-refractivity contribution < 1.29 is 14.3 Å². The first kappa shape index (κ1) is 14.7. The normalized spacial score (nSPS) is 12.3. The van der Waals surface area contributed by atoms with Crippen LogP contribution in [0.5, 0.6) is 11.5 Å². The van der Waals surface area contributed by atoms with E-state index in [4.69, 9.17) is 9.47 Å². The van der Waals surface area contributed by atoms with E-state index in [2.05, 4.69) is 20.5 Å². The van der Waals surface area contributed by atoms with Crippen LogP contribution in [0.25, 0.3) is 10.6 Å². The van der Waals surface area contributed by atoms with Gasteiger partial charge in [-0.3, -0.25) is 9.89 Å². The lowest BCUT2D eigenvalue weighted by atomic mass is 10.2. The molecule has 1 amide bonds. The highest BCUT2D eigenvalue weighted by Gasteiger charge is 2.15. The molecule has 2 aromatic heterocycles. The van der Waals surface area contributed by atoms with Crippen LogP contribution in [0.4, 0.5) is 0 Å². The molecule has 0 fully saturated rings. The van der Waals surface area contributed by atoms with Crippen molar-refractivity contribution in [3.8, 4) is 22.1 Å². The molecule has 1 aliphatic heterocycles. The van der Waals surface area contributed by atoms with Gasteiger partial charge >= 0.3 is 0 Å². The molecule has 0 radical (unpaired) electrons. The van der Waals surface area contributed by atoms with Gasteiger partial charge in [0.2, 0.25) is 12.7 Å². The molecular formula is C16H14N4O3S. The Morgan fingerprint density at radius 3 is 3.08 bits per heavy atom. The van der Waals surface area contributed by atoms with Crippen molar-refractivity contribution in [2.75, 3.05) is 6.79 Å². The number of carbonyl (C=O) groups excluding carboxylic acids is 1.